The zero-order valence-electron chi connectivity index (χ0n) is 23.8. The molecule has 0 radical (unpaired) electrons. The Bertz CT molecular complexity index is 1630. The summed E-state index contributed by atoms with van der Waals surface area (Å²) < 4.78 is 47.4. The van der Waals surface area contributed by atoms with E-state index in [1.54, 1.807) is 12.3 Å². The van der Waals surface area contributed by atoms with Gasteiger partial charge in [-0.25, -0.2) is 0 Å². The maximum Gasteiger partial charge on any atom is 0.139 e. The van der Waals surface area contributed by atoms with E-state index in [1.807, 2.05) is 17.0 Å². The number of pyridine rings is 1. The Balaban J connectivity index is 1.55. The topological polar surface area (TPSA) is 95.6 Å². The van der Waals surface area contributed by atoms with Gasteiger partial charge < -0.3 is 24.5 Å². The van der Waals surface area contributed by atoms with Crippen molar-refractivity contribution in [1.82, 2.24) is 15.2 Å². The fourth-order valence-electron chi connectivity index (χ4n) is 4.22. The molecule has 1 aliphatic heterocycles. The molecule has 1 fully saturated rings. The number of nitrogens with one attached hydrogen (secondary N) is 2. The fraction of sp³-hybridized carbons (Fsp3) is 0.259. The molecule has 1 saturated heterocycles. The average molecular weight is 542 g/mol. The van der Waals surface area contributed by atoms with E-state index in [9.17, 15) is 5.26 Å². The molecule has 0 bridgehead atoms. The van der Waals surface area contributed by atoms with Crippen molar-refractivity contribution in [1.29, 1.82) is 5.26 Å². The van der Waals surface area contributed by atoms with Gasteiger partial charge in [0.2, 0.25) is 0 Å². The van der Waals surface area contributed by atoms with Crippen molar-refractivity contribution in [3.05, 3.63) is 64.2 Å². The first-order valence-corrected chi connectivity index (χ1v) is 12.2. The van der Waals surface area contributed by atoms with Crippen molar-refractivity contribution in [3.63, 3.8) is 0 Å². The second-order valence-electron chi connectivity index (χ2n) is 8.37. The summed E-state index contributed by atoms with van der Waals surface area (Å²) in [5.74, 6) is 0.911. The molecule has 8 nitrogen and oxygen atoms in total. The standard InChI is InChI=1S/C27H25Cl2N5O3/c1-35-25-9-20-23(8-19(25)16-7-18(37-15-16)14-34-5-3-31-4-6-34)32-13-17(12-30)27(20)33-24-11-26(36-2)22(29)10-21(24)28/h7-11,13,15,31H,3-6,14H2,1-2H3,(H,32,33)/i2D3,14D. The Labute approximate surface area is 230 Å². The average Bonchev–Trinajstić information content (AvgIpc) is 3.44. The predicted octanol–water partition coefficient (Wildman–Crippen LogP) is 5.84. The number of anilines is 2. The SMILES string of the molecule is [2H]C(c1cc(-c2cc3ncc(C#N)c(Nc4cc(OC([2H])([2H])[2H])c(Cl)cc4Cl)c3cc2OC)co1)N1CCNCC1. The lowest BCUT2D eigenvalue weighted by Crippen LogP contribution is -2.42. The Kier molecular flexibility index (Phi) is 6.04. The molecular formula is C27H25Cl2N5O3. The minimum Gasteiger partial charge on any atom is -0.496 e. The number of methoxy groups -OCH3 is 2. The molecule has 2 aromatic heterocycles. The van der Waals surface area contributed by atoms with Gasteiger partial charge in [0, 0.05) is 55.0 Å². The Hall–Kier alpha value is -3.48. The first-order valence-electron chi connectivity index (χ1n) is 13.5. The summed E-state index contributed by atoms with van der Waals surface area (Å²) in [6, 6.07) is 10.2. The molecule has 1 aliphatic rings. The molecule has 1 unspecified atom stereocenters. The summed E-state index contributed by atoms with van der Waals surface area (Å²) in [5.41, 5.74) is 2.83. The van der Waals surface area contributed by atoms with Crippen LogP contribution in [0.5, 0.6) is 11.5 Å². The molecule has 0 spiro atoms. The van der Waals surface area contributed by atoms with E-state index in [-0.39, 0.29) is 27.0 Å². The van der Waals surface area contributed by atoms with Crippen LogP contribution in [0.1, 0.15) is 16.8 Å². The van der Waals surface area contributed by atoms with Gasteiger partial charge in [0.05, 0.1) is 64.9 Å². The highest BCUT2D eigenvalue weighted by Gasteiger charge is 2.19. The van der Waals surface area contributed by atoms with Crippen LogP contribution in [-0.4, -0.2) is 50.2 Å². The van der Waals surface area contributed by atoms with Crippen LogP contribution in [0.15, 0.2) is 47.2 Å². The molecule has 2 N–H and O–H groups in total. The number of ether oxygens (including phenoxy) is 2. The molecule has 4 aromatic rings. The van der Waals surface area contributed by atoms with E-state index in [0.29, 0.717) is 33.7 Å². The van der Waals surface area contributed by atoms with Crippen LogP contribution in [0, 0.1) is 11.3 Å². The van der Waals surface area contributed by atoms with Crippen molar-refractivity contribution in [2.75, 3.05) is 45.6 Å². The molecule has 0 amide bonds. The summed E-state index contributed by atoms with van der Waals surface area (Å²) in [6.45, 7) is 2.53. The van der Waals surface area contributed by atoms with Crippen molar-refractivity contribution in [2.24, 2.45) is 0 Å². The summed E-state index contributed by atoms with van der Waals surface area (Å²) in [5, 5.41) is 17.0. The van der Waals surface area contributed by atoms with Crippen LogP contribution in [0.4, 0.5) is 11.4 Å². The number of benzene rings is 2. The predicted molar refractivity (Wildman–Crippen MR) is 145 cm³/mol. The number of halogens is 2. The highest BCUT2D eigenvalue weighted by atomic mass is 35.5. The normalized spacial score (nSPS) is 16.7. The molecule has 1 atom stereocenters. The zero-order chi connectivity index (χ0) is 29.3. The van der Waals surface area contributed by atoms with Crippen molar-refractivity contribution >= 4 is 45.5 Å². The Morgan fingerprint density at radius 3 is 2.78 bits per heavy atom. The summed E-state index contributed by atoms with van der Waals surface area (Å²) in [4.78, 5) is 6.52. The number of aromatic nitrogens is 1. The van der Waals surface area contributed by atoms with Crippen LogP contribution in [0.25, 0.3) is 22.0 Å². The lowest BCUT2D eigenvalue weighted by Gasteiger charge is -2.26. The summed E-state index contributed by atoms with van der Waals surface area (Å²) >= 11 is 12.6. The van der Waals surface area contributed by atoms with Crippen LogP contribution >= 0.6 is 23.2 Å². The van der Waals surface area contributed by atoms with Gasteiger partial charge in [-0.2, -0.15) is 5.26 Å². The third-order valence-corrected chi connectivity index (χ3v) is 6.70. The van der Waals surface area contributed by atoms with E-state index in [2.05, 4.69) is 21.7 Å². The largest absolute Gasteiger partial charge is 0.496 e. The van der Waals surface area contributed by atoms with Gasteiger partial charge in [-0.05, 0) is 24.3 Å². The maximum atomic E-state index is 9.85. The lowest BCUT2D eigenvalue weighted by molar-refractivity contribution is 0.216. The van der Waals surface area contributed by atoms with Gasteiger partial charge in [-0.1, -0.05) is 23.2 Å². The molecule has 37 heavy (non-hydrogen) atoms. The highest BCUT2D eigenvalue weighted by molar-refractivity contribution is 6.37. The van der Waals surface area contributed by atoms with Crippen LogP contribution in [-0.2, 0) is 6.52 Å². The van der Waals surface area contributed by atoms with Crippen molar-refractivity contribution in [2.45, 2.75) is 6.52 Å². The van der Waals surface area contributed by atoms with Gasteiger partial charge in [-0.15, -0.1) is 0 Å². The van der Waals surface area contributed by atoms with Gasteiger partial charge in [0.25, 0.3) is 0 Å². The monoisotopic (exact) mass is 541 g/mol. The molecular weight excluding hydrogens is 513 g/mol. The zero-order valence-corrected chi connectivity index (χ0v) is 21.3. The van der Waals surface area contributed by atoms with Gasteiger partial charge in [-0.3, -0.25) is 9.88 Å². The summed E-state index contributed by atoms with van der Waals surface area (Å²) in [6.07, 6.45) is 3.02. The second kappa shape index (κ2) is 10.9. The molecule has 0 saturated carbocycles. The van der Waals surface area contributed by atoms with E-state index in [4.69, 9.17) is 42.6 Å². The molecule has 190 valence electrons. The van der Waals surface area contributed by atoms with Crippen LogP contribution < -0.4 is 20.1 Å². The lowest BCUT2D eigenvalue weighted by atomic mass is 10.0. The maximum absolute atomic E-state index is 9.85. The number of hydrogen-bond acceptors (Lipinski definition) is 8. The van der Waals surface area contributed by atoms with E-state index < -0.39 is 13.6 Å². The highest BCUT2D eigenvalue weighted by Crippen LogP contribution is 2.41. The number of fused-ring (bicyclic) bond motifs is 1. The number of nitriles is 1. The quantitative estimate of drug-likeness (QED) is 0.301. The van der Waals surface area contributed by atoms with E-state index >= 15 is 0 Å². The van der Waals surface area contributed by atoms with Crippen molar-refractivity contribution in [3.8, 4) is 28.7 Å². The number of piperazine rings is 1. The fourth-order valence-corrected chi connectivity index (χ4v) is 4.69. The molecule has 10 heteroatoms. The minimum atomic E-state index is -2.72. The third-order valence-electron chi connectivity index (χ3n) is 6.09. The van der Waals surface area contributed by atoms with Crippen molar-refractivity contribution < 1.29 is 19.4 Å². The number of rotatable bonds is 7. The first-order chi connectivity index (χ1) is 19.6. The minimum absolute atomic E-state index is 0.0226. The van der Waals surface area contributed by atoms with E-state index in [1.165, 1.54) is 25.4 Å². The molecule has 0 aliphatic carbocycles. The summed E-state index contributed by atoms with van der Waals surface area (Å²) in [7, 11) is -1.19. The number of hydrogen-bond donors (Lipinski definition) is 2. The van der Waals surface area contributed by atoms with Gasteiger partial charge in [0.15, 0.2) is 0 Å². The molecule has 3 heterocycles. The molecule has 2 aromatic carbocycles. The Morgan fingerprint density at radius 1 is 1.19 bits per heavy atom. The van der Waals surface area contributed by atoms with Gasteiger partial charge >= 0.3 is 0 Å². The number of furan rings is 1. The number of nitrogens with zero attached hydrogens (tertiary/aromatic N) is 3. The molecule has 5 rings (SSSR count). The van der Waals surface area contributed by atoms with Crippen LogP contribution in [0.2, 0.25) is 10.0 Å². The van der Waals surface area contributed by atoms with E-state index in [0.717, 1.165) is 31.7 Å². The van der Waals surface area contributed by atoms with Crippen LogP contribution in [0.3, 0.4) is 0 Å². The third kappa shape index (κ3) is 5.17. The Morgan fingerprint density at radius 2 is 2.03 bits per heavy atom. The first kappa shape index (κ1) is 20.6. The van der Waals surface area contributed by atoms with Gasteiger partial charge in [0.1, 0.15) is 23.3 Å². The second-order valence-corrected chi connectivity index (χ2v) is 9.19. The smallest absolute Gasteiger partial charge is 0.139 e.